The fraction of sp³-hybridized carbons (Fsp3) is 0.769. The van der Waals surface area contributed by atoms with Crippen molar-refractivity contribution in [1.82, 2.24) is 4.90 Å². The highest BCUT2D eigenvalue weighted by atomic mass is 32.9. The standard InChI is InChI=1S/C13H23N2O2PS2/c1-10(2)16-18(19,17-11(3)4)20-13(9-14)12-7-6-8-15(12)5/h10-11H,6-8H2,1-5H3/b13-12-. The minimum atomic E-state index is -2.54. The Morgan fingerprint density at radius 3 is 2.25 bits per heavy atom. The van der Waals surface area contributed by atoms with Gasteiger partial charge in [-0.25, -0.2) is 0 Å². The number of rotatable bonds is 6. The molecular weight excluding hydrogens is 311 g/mol. The first-order valence-electron chi connectivity index (χ1n) is 6.78. The van der Waals surface area contributed by atoms with Crippen molar-refractivity contribution >= 4 is 28.9 Å². The molecule has 0 amide bonds. The molecule has 0 unspecified atom stereocenters. The van der Waals surface area contributed by atoms with Gasteiger partial charge in [-0.1, -0.05) is 0 Å². The van der Waals surface area contributed by atoms with Gasteiger partial charge >= 0.3 is 0 Å². The minimum Gasteiger partial charge on any atom is -0.376 e. The van der Waals surface area contributed by atoms with Crippen LogP contribution in [0, 0.1) is 11.3 Å². The van der Waals surface area contributed by atoms with E-state index in [9.17, 15) is 5.26 Å². The molecule has 0 saturated carbocycles. The summed E-state index contributed by atoms with van der Waals surface area (Å²) in [6.07, 6.45) is 1.97. The summed E-state index contributed by atoms with van der Waals surface area (Å²) in [5.74, 6) is 0. The number of hydrogen-bond acceptors (Lipinski definition) is 6. The van der Waals surface area contributed by atoms with Gasteiger partial charge in [-0.3, -0.25) is 0 Å². The number of nitriles is 1. The summed E-state index contributed by atoms with van der Waals surface area (Å²) in [5, 5.41) is 9.44. The zero-order valence-corrected chi connectivity index (χ0v) is 15.3. The summed E-state index contributed by atoms with van der Waals surface area (Å²) >= 11 is 6.90. The molecule has 0 aromatic rings. The molecule has 114 valence electrons. The summed E-state index contributed by atoms with van der Waals surface area (Å²) < 4.78 is 11.7. The Hall–Kier alpha value is -0.0500. The highest BCUT2D eigenvalue weighted by Gasteiger charge is 2.29. The van der Waals surface area contributed by atoms with Crippen molar-refractivity contribution in [2.45, 2.75) is 52.7 Å². The molecule has 0 spiro atoms. The zero-order chi connectivity index (χ0) is 15.3. The third-order valence-electron chi connectivity index (χ3n) is 2.61. The van der Waals surface area contributed by atoms with Crippen molar-refractivity contribution in [2.24, 2.45) is 0 Å². The average Bonchev–Trinajstić information content (AvgIpc) is 2.70. The second-order valence-electron chi connectivity index (χ2n) is 5.26. The van der Waals surface area contributed by atoms with Crippen molar-refractivity contribution < 1.29 is 9.05 Å². The van der Waals surface area contributed by atoms with Gasteiger partial charge in [0, 0.05) is 19.3 Å². The Morgan fingerprint density at radius 1 is 1.35 bits per heavy atom. The minimum absolute atomic E-state index is 0.0154. The molecule has 4 nitrogen and oxygen atoms in total. The molecule has 1 aliphatic heterocycles. The van der Waals surface area contributed by atoms with Crippen LogP contribution in [-0.2, 0) is 20.9 Å². The van der Waals surface area contributed by atoms with Crippen molar-refractivity contribution in [1.29, 1.82) is 5.26 Å². The van der Waals surface area contributed by atoms with Gasteiger partial charge in [0.05, 0.1) is 12.2 Å². The Balaban J connectivity index is 2.99. The average molecular weight is 334 g/mol. The van der Waals surface area contributed by atoms with Crippen LogP contribution in [0.25, 0.3) is 0 Å². The Morgan fingerprint density at radius 2 is 1.90 bits per heavy atom. The molecule has 0 aromatic heterocycles. The number of allylic oxidation sites excluding steroid dienone is 2. The summed E-state index contributed by atoms with van der Waals surface area (Å²) in [7, 11) is 2.01. The summed E-state index contributed by atoms with van der Waals surface area (Å²) in [5.41, 5.74) is -1.48. The van der Waals surface area contributed by atoms with Crippen LogP contribution in [0.5, 0.6) is 0 Å². The van der Waals surface area contributed by atoms with E-state index in [1.807, 2.05) is 34.7 Å². The summed E-state index contributed by atoms with van der Waals surface area (Å²) in [4.78, 5) is 2.77. The molecule has 0 bridgehead atoms. The lowest BCUT2D eigenvalue weighted by Crippen LogP contribution is -2.12. The highest BCUT2D eigenvalue weighted by Crippen LogP contribution is 2.65. The lowest BCUT2D eigenvalue weighted by molar-refractivity contribution is 0.186. The van der Waals surface area contributed by atoms with E-state index >= 15 is 0 Å². The van der Waals surface area contributed by atoms with Gasteiger partial charge in [-0.15, -0.1) is 0 Å². The van der Waals surface area contributed by atoms with E-state index in [0.29, 0.717) is 4.91 Å². The molecule has 0 atom stereocenters. The molecule has 0 N–H and O–H groups in total. The Bertz CT molecular complexity index is 444. The molecule has 1 rings (SSSR count). The lowest BCUT2D eigenvalue weighted by atomic mass is 10.3. The van der Waals surface area contributed by atoms with E-state index in [0.717, 1.165) is 25.1 Å². The van der Waals surface area contributed by atoms with Crippen molar-refractivity contribution in [3.8, 4) is 6.07 Å². The van der Waals surface area contributed by atoms with Crippen molar-refractivity contribution in [3.63, 3.8) is 0 Å². The second kappa shape index (κ2) is 7.82. The maximum absolute atomic E-state index is 9.44. The SMILES string of the molecule is CC(C)OP(=S)(OC(C)C)S/C(C#N)=C1/CCCN1C. The fourth-order valence-electron chi connectivity index (χ4n) is 1.93. The van der Waals surface area contributed by atoms with E-state index < -0.39 is 5.69 Å². The molecule has 1 heterocycles. The van der Waals surface area contributed by atoms with Crippen LogP contribution in [0.4, 0.5) is 0 Å². The molecule has 0 radical (unpaired) electrons. The van der Waals surface area contributed by atoms with Crippen molar-refractivity contribution in [2.75, 3.05) is 13.6 Å². The van der Waals surface area contributed by atoms with Crippen LogP contribution in [-0.4, -0.2) is 30.7 Å². The maximum atomic E-state index is 9.44. The van der Waals surface area contributed by atoms with E-state index in [-0.39, 0.29) is 12.2 Å². The molecule has 20 heavy (non-hydrogen) atoms. The van der Waals surface area contributed by atoms with Gasteiger partial charge in [0.15, 0.2) is 0 Å². The zero-order valence-electron chi connectivity index (χ0n) is 12.8. The highest BCUT2D eigenvalue weighted by molar-refractivity contribution is 8.69. The first-order valence-corrected chi connectivity index (χ1v) is 10.8. The number of hydrogen-bond donors (Lipinski definition) is 0. The molecule has 0 aromatic carbocycles. The third-order valence-corrected chi connectivity index (χ3v) is 7.63. The first kappa shape index (κ1) is 18.0. The van der Waals surface area contributed by atoms with Crippen LogP contribution < -0.4 is 0 Å². The monoisotopic (exact) mass is 334 g/mol. The van der Waals surface area contributed by atoms with Crippen molar-refractivity contribution in [3.05, 3.63) is 10.6 Å². The summed E-state index contributed by atoms with van der Waals surface area (Å²) in [6.45, 7) is 8.73. The van der Waals surface area contributed by atoms with Gasteiger partial charge < -0.3 is 13.9 Å². The third kappa shape index (κ3) is 5.38. The number of nitrogens with zero attached hydrogens (tertiary/aromatic N) is 2. The van der Waals surface area contributed by atoms with Gasteiger partial charge in [0.1, 0.15) is 11.0 Å². The largest absolute Gasteiger partial charge is 0.376 e. The van der Waals surface area contributed by atoms with E-state index in [2.05, 4.69) is 11.0 Å². The van der Waals surface area contributed by atoms with E-state index in [1.54, 1.807) is 0 Å². The maximum Gasteiger partial charge on any atom is 0.253 e. The summed E-state index contributed by atoms with van der Waals surface area (Å²) in [6, 6.07) is 2.28. The molecule has 7 heteroatoms. The fourth-order valence-corrected chi connectivity index (χ4v) is 7.83. The van der Waals surface area contributed by atoms with Gasteiger partial charge in [-0.2, -0.15) is 5.26 Å². The van der Waals surface area contributed by atoms with Crippen LogP contribution in [0.15, 0.2) is 10.6 Å². The van der Waals surface area contributed by atoms with Crippen LogP contribution >= 0.6 is 17.1 Å². The van der Waals surface area contributed by atoms with Gasteiger partial charge in [0.25, 0.3) is 5.69 Å². The quantitative estimate of drug-likeness (QED) is 0.534. The normalized spacial score (nSPS) is 18.8. The predicted octanol–water partition coefficient (Wildman–Crippen LogP) is 4.25. The Labute approximate surface area is 131 Å². The predicted molar refractivity (Wildman–Crippen MR) is 88.8 cm³/mol. The number of likely N-dealkylation sites (tertiary alicyclic amines) is 1. The van der Waals surface area contributed by atoms with Crippen LogP contribution in [0.1, 0.15) is 40.5 Å². The van der Waals surface area contributed by atoms with Crippen LogP contribution in [0.3, 0.4) is 0 Å². The topological polar surface area (TPSA) is 45.5 Å². The second-order valence-corrected chi connectivity index (χ2v) is 11.3. The van der Waals surface area contributed by atoms with Gasteiger partial charge in [-0.05, 0) is 63.7 Å². The smallest absolute Gasteiger partial charge is 0.253 e. The molecule has 1 saturated heterocycles. The lowest BCUT2D eigenvalue weighted by Gasteiger charge is -2.26. The van der Waals surface area contributed by atoms with E-state index in [4.69, 9.17) is 20.9 Å². The molecule has 1 fully saturated rings. The first-order chi connectivity index (χ1) is 9.27. The molecule has 1 aliphatic rings. The molecular formula is C13H23N2O2PS2. The van der Waals surface area contributed by atoms with E-state index in [1.165, 1.54) is 11.4 Å². The van der Waals surface area contributed by atoms with Crippen LogP contribution in [0.2, 0.25) is 0 Å². The van der Waals surface area contributed by atoms with Gasteiger partial charge in [0.2, 0.25) is 0 Å². The Kier molecular flexibility index (Phi) is 7.03. The molecule has 0 aliphatic carbocycles.